The molecule has 2 bridgehead atoms. The number of aromatic nitrogens is 1. The second-order valence-electron chi connectivity index (χ2n) is 7.50. The van der Waals surface area contributed by atoms with Crippen LogP contribution < -0.4 is 0 Å². The molecule has 0 N–H and O–H groups in total. The van der Waals surface area contributed by atoms with Crippen molar-refractivity contribution in [3.63, 3.8) is 0 Å². The minimum Gasteiger partial charge on any atom is -0.381 e. The van der Waals surface area contributed by atoms with Crippen molar-refractivity contribution in [1.29, 1.82) is 0 Å². The zero-order chi connectivity index (χ0) is 16.7. The molecule has 5 heterocycles. The van der Waals surface area contributed by atoms with Gasteiger partial charge in [0.15, 0.2) is 0 Å². The lowest BCUT2D eigenvalue weighted by atomic mass is 9.95. The number of piperidine rings is 1. The van der Waals surface area contributed by atoms with Crippen molar-refractivity contribution in [2.24, 2.45) is 5.92 Å². The van der Waals surface area contributed by atoms with Crippen molar-refractivity contribution in [2.45, 2.75) is 51.6 Å². The van der Waals surface area contributed by atoms with E-state index in [2.05, 4.69) is 14.8 Å². The van der Waals surface area contributed by atoms with Crippen LogP contribution in [0.5, 0.6) is 0 Å². The molecule has 6 heteroatoms. The highest BCUT2D eigenvalue weighted by Crippen LogP contribution is 2.32. The molecule has 2 atom stereocenters. The molecule has 4 aliphatic heterocycles. The monoisotopic (exact) mass is 349 g/mol. The van der Waals surface area contributed by atoms with Gasteiger partial charge in [-0.05, 0) is 45.4 Å². The number of carbonyl (C=O) groups excluding carboxylic acids is 1. The molecule has 4 aliphatic rings. The van der Waals surface area contributed by atoms with E-state index in [1.54, 1.807) is 11.3 Å². The fourth-order valence-electron chi connectivity index (χ4n) is 4.58. The summed E-state index contributed by atoms with van der Waals surface area (Å²) in [5, 5.41) is 0.986. The summed E-state index contributed by atoms with van der Waals surface area (Å²) in [4.78, 5) is 23.2. The molecule has 4 saturated heterocycles. The summed E-state index contributed by atoms with van der Waals surface area (Å²) in [7, 11) is 0. The number of nitrogens with zero attached hydrogens (tertiary/aromatic N) is 3. The molecule has 132 valence electrons. The number of ether oxygens (including phenoxy) is 1. The van der Waals surface area contributed by atoms with E-state index in [0.717, 1.165) is 67.7 Å². The first kappa shape index (κ1) is 16.5. The van der Waals surface area contributed by atoms with Gasteiger partial charge in [0.2, 0.25) is 0 Å². The third-order valence-corrected chi connectivity index (χ3v) is 6.87. The van der Waals surface area contributed by atoms with E-state index < -0.39 is 0 Å². The number of thiazole rings is 1. The predicted octanol–water partition coefficient (Wildman–Crippen LogP) is 2.48. The summed E-state index contributed by atoms with van der Waals surface area (Å²) in [6.07, 6.45) is 4.68. The van der Waals surface area contributed by atoms with Gasteiger partial charge in [-0.2, -0.15) is 0 Å². The van der Waals surface area contributed by atoms with Crippen LogP contribution in [0.15, 0.2) is 0 Å². The predicted molar refractivity (Wildman–Crippen MR) is 94.6 cm³/mol. The minimum absolute atomic E-state index is 0.210. The number of hydrogen-bond donors (Lipinski definition) is 0. The fraction of sp³-hybridized carbons (Fsp3) is 0.778. The van der Waals surface area contributed by atoms with Crippen molar-refractivity contribution < 1.29 is 9.53 Å². The Balaban J connectivity index is 1.52. The van der Waals surface area contributed by atoms with Crippen LogP contribution in [0.25, 0.3) is 0 Å². The maximum absolute atomic E-state index is 13.1. The maximum Gasteiger partial charge on any atom is 0.266 e. The summed E-state index contributed by atoms with van der Waals surface area (Å²) >= 11 is 1.55. The number of hydrogen-bond acceptors (Lipinski definition) is 5. The first-order valence-corrected chi connectivity index (χ1v) is 10.00. The summed E-state index contributed by atoms with van der Waals surface area (Å²) < 4.78 is 5.53. The molecule has 0 aliphatic carbocycles. The number of amides is 1. The van der Waals surface area contributed by atoms with Gasteiger partial charge in [0.05, 0.1) is 10.7 Å². The summed E-state index contributed by atoms with van der Waals surface area (Å²) in [5.41, 5.74) is 0.893. The number of aryl methyl sites for hydroxylation is 2. The van der Waals surface area contributed by atoms with Gasteiger partial charge in [0, 0.05) is 44.9 Å². The Bertz CT molecular complexity index is 611. The lowest BCUT2D eigenvalue weighted by Gasteiger charge is -2.37. The fourth-order valence-corrected chi connectivity index (χ4v) is 5.45. The van der Waals surface area contributed by atoms with Gasteiger partial charge >= 0.3 is 0 Å². The van der Waals surface area contributed by atoms with Gasteiger partial charge < -0.3 is 9.64 Å². The summed E-state index contributed by atoms with van der Waals surface area (Å²) in [5.74, 6) is 0.825. The van der Waals surface area contributed by atoms with E-state index in [4.69, 9.17) is 4.74 Å². The molecule has 0 aromatic carbocycles. The zero-order valence-corrected chi connectivity index (χ0v) is 15.5. The van der Waals surface area contributed by atoms with Gasteiger partial charge in [-0.1, -0.05) is 0 Å². The topological polar surface area (TPSA) is 45.7 Å². The second-order valence-corrected chi connectivity index (χ2v) is 8.70. The summed E-state index contributed by atoms with van der Waals surface area (Å²) in [6, 6.07) is 1.00. The van der Waals surface area contributed by atoms with Crippen molar-refractivity contribution in [3.05, 3.63) is 15.6 Å². The van der Waals surface area contributed by atoms with E-state index in [9.17, 15) is 4.79 Å². The highest BCUT2D eigenvalue weighted by molar-refractivity contribution is 7.13. The lowest BCUT2D eigenvalue weighted by molar-refractivity contribution is 0.0304. The molecule has 5 nitrogen and oxygen atoms in total. The molecule has 1 amide bonds. The smallest absolute Gasteiger partial charge is 0.266 e. The molecule has 0 saturated carbocycles. The number of carbonyl (C=O) groups is 1. The lowest BCUT2D eigenvalue weighted by Crippen LogP contribution is -2.48. The largest absolute Gasteiger partial charge is 0.381 e. The van der Waals surface area contributed by atoms with Gasteiger partial charge in [-0.25, -0.2) is 4.98 Å². The van der Waals surface area contributed by atoms with Crippen LogP contribution >= 0.6 is 11.3 Å². The van der Waals surface area contributed by atoms with Crippen LogP contribution in [-0.2, 0) is 4.74 Å². The van der Waals surface area contributed by atoms with Crippen LogP contribution in [0.2, 0.25) is 0 Å². The molecule has 1 aromatic rings. The quantitative estimate of drug-likeness (QED) is 0.823. The average molecular weight is 350 g/mol. The Hall–Kier alpha value is -0.980. The van der Waals surface area contributed by atoms with Crippen LogP contribution in [-0.4, -0.2) is 65.6 Å². The molecular weight excluding hydrogens is 322 g/mol. The van der Waals surface area contributed by atoms with Gasteiger partial charge in [-0.3, -0.25) is 9.69 Å². The van der Waals surface area contributed by atoms with E-state index in [1.807, 2.05) is 13.8 Å². The molecule has 24 heavy (non-hydrogen) atoms. The van der Waals surface area contributed by atoms with Gasteiger partial charge in [0.25, 0.3) is 5.91 Å². The van der Waals surface area contributed by atoms with E-state index in [0.29, 0.717) is 18.0 Å². The molecule has 1 aromatic heterocycles. The molecule has 0 unspecified atom stereocenters. The maximum atomic E-state index is 13.1. The Morgan fingerprint density at radius 2 is 1.88 bits per heavy atom. The minimum atomic E-state index is 0.210. The molecule has 4 fully saturated rings. The van der Waals surface area contributed by atoms with E-state index in [-0.39, 0.29) is 5.91 Å². The third-order valence-electron chi connectivity index (χ3n) is 5.81. The average Bonchev–Trinajstić information content (AvgIpc) is 2.78. The highest BCUT2D eigenvalue weighted by atomic mass is 32.1. The van der Waals surface area contributed by atoms with E-state index >= 15 is 0 Å². The van der Waals surface area contributed by atoms with Crippen molar-refractivity contribution >= 4 is 17.2 Å². The van der Waals surface area contributed by atoms with Crippen LogP contribution in [0.4, 0.5) is 0 Å². The summed E-state index contributed by atoms with van der Waals surface area (Å²) in [6.45, 7) is 8.81. The zero-order valence-electron chi connectivity index (χ0n) is 14.7. The van der Waals surface area contributed by atoms with E-state index in [1.165, 1.54) is 6.42 Å². The molecule has 0 spiro atoms. The first-order valence-electron chi connectivity index (χ1n) is 9.18. The Labute approximate surface area is 148 Å². The van der Waals surface area contributed by atoms with Crippen molar-refractivity contribution in [3.8, 4) is 0 Å². The standard InChI is InChI=1S/C18H27N3O2S/c1-12-17(24-13(2)19-12)18(22)21-10-14-3-4-16(21)11-20(9-14)15-5-7-23-8-6-15/h14-16H,3-11H2,1-2H3/t14-,16+/m0/s1. The number of rotatable bonds is 2. The second kappa shape index (κ2) is 6.73. The van der Waals surface area contributed by atoms with Gasteiger partial charge in [-0.15, -0.1) is 11.3 Å². The molecule has 5 rings (SSSR count). The van der Waals surface area contributed by atoms with Gasteiger partial charge in [0.1, 0.15) is 4.88 Å². The van der Waals surface area contributed by atoms with Crippen molar-refractivity contribution in [2.75, 3.05) is 32.8 Å². The van der Waals surface area contributed by atoms with Crippen LogP contribution in [0, 0.1) is 19.8 Å². The van der Waals surface area contributed by atoms with Crippen LogP contribution in [0.1, 0.15) is 46.1 Å². The van der Waals surface area contributed by atoms with Crippen LogP contribution in [0.3, 0.4) is 0 Å². The van der Waals surface area contributed by atoms with Crippen molar-refractivity contribution in [1.82, 2.24) is 14.8 Å². The SMILES string of the molecule is Cc1nc(C)c(C(=O)N2C[C@H]3CC[C@@H]2CN(C2CCOCC2)C3)s1. The number of fused-ring (bicyclic) bond motifs is 4. The molecular formula is C18H27N3O2S. The Kier molecular flexibility index (Phi) is 4.62. The first-order chi connectivity index (χ1) is 11.6. The highest BCUT2D eigenvalue weighted by Gasteiger charge is 2.40. The molecule has 0 radical (unpaired) electrons. The third kappa shape index (κ3) is 3.11. The Morgan fingerprint density at radius 1 is 1.08 bits per heavy atom. The Morgan fingerprint density at radius 3 is 2.58 bits per heavy atom. The normalized spacial score (nSPS) is 29.0.